The minimum atomic E-state index is -2.07. The number of halogens is 4. The summed E-state index contributed by atoms with van der Waals surface area (Å²) >= 11 is 11.9. The Balaban J connectivity index is 1.27. The summed E-state index contributed by atoms with van der Waals surface area (Å²) in [5.74, 6) is -13.1. The molecule has 0 radical (unpaired) electrons. The second-order valence-corrected chi connectivity index (χ2v) is 12.7. The van der Waals surface area contributed by atoms with E-state index in [1.165, 1.54) is 18.2 Å². The van der Waals surface area contributed by atoms with Gasteiger partial charge in [-0.25, -0.2) is 18.4 Å². The van der Waals surface area contributed by atoms with Gasteiger partial charge in [-0.05, 0) is 48.7 Å². The van der Waals surface area contributed by atoms with Gasteiger partial charge in [0.25, 0.3) is 5.91 Å². The third-order valence-corrected chi connectivity index (χ3v) is 9.14. The fraction of sp³-hybridized carbons (Fsp3) is 0.250. The van der Waals surface area contributed by atoms with Gasteiger partial charge < -0.3 is 51.0 Å². The van der Waals surface area contributed by atoms with Gasteiger partial charge >= 0.3 is 30.9 Å². The molecule has 1 saturated heterocycles. The molecule has 0 saturated carbocycles. The van der Waals surface area contributed by atoms with Gasteiger partial charge in [-0.1, -0.05) is 29.3 Å². The molecule has 54 heavy (non-hydrogen) atoms. The number of piperazine rings is 1. The quantitative estimate of drug-likeness (QED) is 0.0629. The van der Waals surface area contributed by atoms with Gasteiger partial charge in [0.15, 0.2) is 17.3 Å². The van der Waals surface area contributed by atoms with Crippen LogP contribution in [-0.4, -0.2) is 110 Å². The number of benzene rings is 3. The second-order valence-electron chi connectivity index (χ2n) is 11.9. The number of fused-ring (bicyclic) bond motifs is 1. The minimum Gasteiger partial charge on any atom is -0.534 e. The van der Waals surface area contributed by atoms with Crippen LogP contribution in [0.15, 0.2) is 36.4 Å². The number of carbonyl (C=O) groups excluding carboxylic acids is 5. The molecular weight excluding hydrogens is 766 g/mol. The number of aromatic hydroxyl groups is 3. The molecule has 0 aromatic heterocycles. The molecule has 2 atom stereocenters. The van der Waals surface area contributed by atoms with Crippen molar-refractivity contribution >= 4 is 65.9 Å². The summed E-state index contributed by atoms with van der Waals surface area (Å²) in [6.07, 6.45) is -0.149. The highest BCUT2D eigenvalue weighted by Gasteiger charge is 2.42. The van der Waals surface area contributed by atoms with Gasteiger partial charge in [0.1, 0.15) is 28.9 Å². The van der Waals surface area contributed by atoms with Crippen molar-refractivity contribution in [1.82, 2.24) is 25.8 Å². The number of nitrogens with zero attached hydrogens (tertiary/aromatic N) is 2. The molecule has 17 nitrogen and oxygen atoms in total. The first kappa shape index (κ1) is 39.4. The van der Waals surface area contributed by atoms with E-state index in [9.17, 15) is 63.0 Å². The van der Waals surface area contributed by atoms with Gasteiger partial charge in [0, 0.05) is 37.3 Å². The summed E-state index contributed by atoms with van der Waals surface area (Å²) in [5, 5.41) is 55.8. The molecule has 2 heterocycles. The van der Waals surface area contributed by atoms with E-state index in [1.807, 2.05) is 0 Å². The van der Waals surface area contributed by atoms with Crippen LogP contribution in [0.1, 0.15) is 44.3 Å². The van der Waals surface area contributed by atoms with Crippen molar-refractivity contribution in [1.29, 1.82) is 0 Å². The predicted molar refractivity (Wildman–Crippen MR) is 182 cm³/mol. The normalized spacial score (nSPS) is 15.9. The van der Waals surface area contributed by atoms with Crippen molar-refractivity contribution in [2.75, 3.05) is 26.2 Å². The SMILES string of the molecule is O=C(NCCCN1CCN(C(=O)NC(C(=O)N[C@H]2Cc3ccc(F)c(C(=O)O)c3OB2O)c2cc(F)c(O)c(O)c2Cl)C(=O)C1=O)c1ccc(O)c(Cl)c1. The number of carboxylic acid groups (broad SMARTS) is 1. The number of phenolic OH excluding ortho intramolecular Hbond substituents is 3. The molecule has 0 aliphatic carbocycles. The van der Waals surface area contributed by atoms with Crippen molar-refractivity contribution in [2.45, 2.75) is 24.8 Å². The van der Waals surface area contributed by atoms with Crippen LogP contribution in [0.4, 0.5) is 13.6 Å². The zero-order chi connectivity index (χ0) is 39.6. The third-order valence-electron chi connectivity index (χ3n) is 8.44. The van der Waals surface area contributed by atoms with Gasteiger partial charge in [-0.15, -0.1) is 0 Å². The number of hydrogen-bond donors (Lipinski definition) is 8. The van der Waals surface area contributed by atoms with Crippen LogP contribution >= 0.6 is 23.2 Å². The van der Waals surface area contributed by atoms with E-state index in [4.69, 9.17) is 27.9 Å². The van der Waals surface area contributed by atoms with Crippen LogP contribution in [0.2, 0.25) is 10.0 Å². The monoisotopic (exact) mass is 793 g/mol. The van der Waals surface area contributed by atoms with E-state index in [2.05, 4.69) is 16.0 Å². The molecule has 3 aromatic carbocycles. The summed E-state index contributed by atoms with van der Waals surface area (Å²) in [7, 11) is -1.98. The molecule has 6 amide bonds. The number of rotatable bonds is 10. The van der Waals surface area contributed by atoms with Gasteiger partial charge in [0.2, 0.25) is 5.91 Å². The first-order chi connectivity index (χ1) is 25.5. The molecule has 3 aromatic rings. The van der Waals surface area contributed by atoms with E-state index in [-0.39, 0.29) is 60.9 Å². The Morgan fingerprint density at radius 3 is 2.39 bits per heavy atom. The van der Waals surface area contributed by atoms with Crippen molar-refractivity contribution in [3.8, 4) is 23.0 Å². The molecule has 0 bridgehead atoms. The highest BCUT2D eigenvalue weighted by molar-refractivity contribution is 6.47. The second kappa shape index (κ2) is 16.0. The van der Waals surface area contributed by atoms with E-state index in [0.29, 0.717) is 11.0 Å². The molecule has 5 rings (SSSR count). The Labute approximate surface area is 313 Å². The third kappa shape index (κ3) is 8.04. The number of phenols is 3. The minimum absolute atomic E-state index is 0.0150. The maximum Gasteiger partial charge on any atom is 0.547 e. The Morgan fingerprint density at radius 2 is 1.70 bits per heavy atom. The van der Waals surface area contributed by atoms with Crippen LogP contribution in [0.3, 0.4) is 0 Å². The molecule has 2 aliphatic heterocycles. The Hall–Kier alpha value is -5.86. The van der Waals surface area contributed by atoms with Gasteiger partial charge in [-0.3, -0.25) is 24.1 Å². The molecule has 8 N–H and O–H groups in total. The number of carboxylic acids is 1. The van der Waals surface area contributed by atoms with Crippen molar-refractivity contribution in [3.05, 3.63) is 80.3 Å². The maximum absolute atomic E-state index is 14.6. The molecule has 22 heteroatoms. The first-order valence-corrected chi connectivity index (χ1v) is 16.5. The Bertz CT molecular complexity index is 2080. The van der Waals surface area contributed by atoms with Crippen LogP contribution in [0.25, 0.3) is 0 Å². The highest BCUT2D eigenvalue weighted by Crippen LogP contribution is 2.41. The summed E-state index contributed by atoms with van der Waals surface area (Å²) in [6.45, 7) is -0.508. The number of aromatic carboxylic acids is 1. The Kier molecular flexibility index (Phi) is 11.7. The molecule has 2 aliphatic rings. The number of hydrogen-bond acceptors (Lipinski definition) is 11. The average molecular weight is 794 g/mol. The van der Waals surface area contributed by atoms with Crippen molar-refractivity contribution < 1.29 is 67.7 Å². The predicted octanol–water partition coefficient (Wildman–Crippen LogP) is 1.47. The lowest BCUT2D eigenvalue weighted by atomic mass is 9.72. The summed E-state index contributed by atoms with van der Waals surface area (Å²) in [4.78, 5) is 78.6. The highest BCUT2D eigenvalue weighted by atomic mass is 35.5. The standard InChI is InChI=1S/C32H28BCl2F2N5O12/c34-16-10-14(3-5-19(16)43)27(46)38-6-1-7-41-8-9-42(30(49)29(41)48)32(52)40-23(15-12-18(37)24(44)25(45)22(15)35)28(47)39-20-11-13-2-4-17(36)21(31(50)51)26(13)54-33(20)53/h2-5,10,12,20,23,43-45,53H,1,6-9,11H2,(H,38,46)(H,39,47)(H,40,52)(H,50,51)/t20-,23?/m0/s1. The molecule has 1 fully saturated rings. The summed E-state index contributed by atoms with van der Waals surface area (Å²) in [6, 6.07) is 2.92. The molecule has 1 unspecified atom stereocenters. The fourth-order valence-electron chi connectivity index (χ4n) is 5.65. The lowest BCUT2D eigenvalue weighted by molar-refractivity contribution is -0.153. The van der Waals surface area contributed by atoms with Crippen molar-refractivity contribution in [2.24, 2.45) is 0 Å². The van der Waals surface area contributed by atoms with E-state index >= 15 is 0 Å². The molecular formula is C32H28BCl2F2N5O12. The summed E-state index contributed by atoms with van der Waals surface area (Å²) < 4.78 is 34.0. The van der Waals surface area contributed by atoms with E-state index in [1.54, 1.807) is 0 Å². The van der Waals surface area contributed by atoms with Crippen LogP contribution in [-0.2, 0) is 20.8 Å². The van der Waals surface area contributed by atoms with Crippen LogP contribution in [0, 0.1) is 11.6 Å². The summed E-state index contributed by atoms with van der Waals surface area (Å²) in [5.41, 5.74) is -1.28. The smallest absolute Gasteiger partial charge is 0.534 e. The van der Waals surface area contributed by atoms with Crippen LogP contribution < -0.4 is 20.6 Å². The Morgan fingerprint density at radius 1 is 0.981 bits per heavy atom. The van der Waals surface area contributed by atoms with Gasteiger partial charge in [0.05, 0.1) is 16.0 Å². The lowest BCUT2D eigenvalue weighted by Gasteiger charge is -2.34. The lowest BCUT2D eigenvalue weighted by Crippen LogP contribution is -2.60. The van der Waals surface area contributed by atoms with E-state index in [0.717, 1.165) is 17.0 Å². The number of amides is 6. The molecule has 0 spiro atoms. The topological polar surface area (TPSA) is 255 Å². The molecule has 284 valence electrons. The zero-order valence-corrected chi connectivity index (χ0v) is 29.0. The largest absolute Gasteiger partial charge is 0.547 e. The van der Waals surface area contributed by atoms with E-state index < -0.39 is 99.8 Å². The maximum atomic E-state index is 14.6. The number of carbonyl (C=O) groups is 6. The van der Waals surface area contributed by atoms with Crippen LogP contribution in [0.5, 0.6) is 23.0 Å². The average Bonchev–Trinajstić information content (AvgIpc) is 3.12. The number of urea groups is 1. The van der Waals surface area contributed by atoms with Gasteiger partial charge in [-0.2, -0.15) is 0 Å². The fourth-order valence-corrected chi connectivity index (χ4v) is 6.08. The first-order valence-electron chi connectivity index (χ1n) is 15.8. The number of imide groups is 1. The van der Waals surface area contributed by atoms with Crippen molar-refractivity contribution in [3.63, 3.8) is 0 Å². The number of nitrogens with one attached hydrogen (secondary N) is 3. The zero-order valence-electron chi connectivity index (χ0n) is 27.4.